The van der Waals surface area contributed by atoms with Gasteiger partial charge in [-0.1, -0.05) is 12.1 Å². The smallest absolute Gasteiger partial charge is 0.398 e. The first-order valence-electron chi connectivity index (χ1n) is 10.5. The van der Waals surface area contributed by atoms with Crippen molar-refractivity contribution in [2.75, 3.05) is 36.8 Å². The van der Waals surface area contributed by atoms with Crippen LogP contribution < -0.4 is 16.0 Å². The maximum atomic E-state index is 14.6. The van der Waals surface area contributed by atoms with Gasteiger partial charge in [0.2, 0.25) is 5.91 Å². The van der Waals surface area contributed by atoms with Crippen LogP contribution in [0.25, 0.3) is 0 Å². The molecule has 1 heterocycles. The third-order valence-electron chi connectivity index (χ3n) is 5.92. The monoisotopic (exact) mass is 466 g/mol. The van der Waals surface area contributed by atoms with Gasteiger partial charge in [-0.05, 0) is 43.2 Å². The molecular formula is C23H26F4N4O2. The van der Waals surface area contributed by atoms with Crippen LogP contribution in [0, 0.1) is 12.7 Å². The van der Waals surface area contributed by atoms with Gasteiger partial charge in [-0.25, -0.2) is 4.39 Å². The highest BCUT2D eigenvalue weighted by Gasteiger charge is 2.33. The molecule has 0 bridgehead atoms. The Labute approximate surface area is 189 Å². The molecule has 1 saturated heterocycles. The Hall–Kier alpha value is -3.30. The van der Waals surface area contributed by atoms with Crippen LogP contribution in [0.4, 0.5) is 28.9 Å². The number of nitrogen functional groups attached to an aromatic ring is 1. The lowest BCUT2D eigenvalue weighted by Gasteiger charge is -2.36. The summed E-state index contributed by atoms with van der Waals surface area (Å²) in [6, 6.07) is 5.45. The second-order valence-electron chi connectivity index (χ2n) is 8.10. The summed E-state index contributed by atoms with van der Waals surface area (Å²) in [7, 11) is 0. The molecule has 1 atom stereocenters. The summed E-state index contributed by atoms with van der Waals surface area (Å²) in [5, 5.41) is 2.66. The molecule has 0 radical (unpaired) electrons. The number of carbonyl (C=O) groups is 2. The van der Waals surface area contributed by atoms with E-state index in [1.807, 2.05) is 0 Å². The molecule has 33 heavy (non-hydrogen) atoms. The molecule has 6 nitrogen and oxygen atoms in total. The van der Waals surface area contributed by atoms with Crippen molar-refractivity contribution in [2.45, 2.75) is 33.0 Å². The predicted molar refractivity (Wildman–Crippen MR) is 117 cm³/mol. The maximum absolute atomic E-state index is 14.6. The molecule has 1 aliphatic heterocycles. The van der Waals surface area contributed by atoms with Gasteiger partial charge in [0, 0.05) is 38.8 Å². The molecule has 1 fully saturated rings. The second-order valence-corrected chi connectivity index (χ2v) is 8.10. The van der Waals surface area contributed by atoms with Crippen molar-refractivity contribution in [3.05, 3.63) is 58.4 Å². The van der Waals surface area contributed by atoms with E-state index in [1.54, 1.807) is 16.7 Å². The number of nitrogens with zero attached hydrogens (tertiary/aromatic N) is 2. The van der Waals surface area contributed by atoms with Crippen molar-refractivity contribution in [3.63, 3.8) is 0 Å². The van der Waals surface area contributed by atoms with Crippen molar-refractivity contribution in [1.82, 2.24) is 10.2 Å². The average Bonchev–Trinajstić information content (AvgIpc) is 2.73. The zero-order valence-corrected chi connectivity index (χ0v) is 18.6. The number of alkyl halides is 3. The zero-order chi connectivity index (χ0) is 24.5. The molecule has 10 heteroatoms. The summed E-state index contributed by atoms with van der Waals surface area (Å²) in [4.78, 5) is 27.8. The van der Waals surface area contributed by atoms with Crippen LogP contribution in [0.2, 0.25) is 0 Å². The zero-order valence-electron chi connectivity index (χ0n) is 18.6. The van der Waals surface area contributed by atoms with Crippen molar-refractivity contribution in [1.29, 1.82) is 0 Å². The van der Waals surface area contributed by atoms with Gasteiger partial charge in [-0.15, -0.1) is 0 Å². The summed E-state index contributed by atoms with van der Waals surface area (Å²) in [6.45, 7) is 6.02. The SMILES string of the molecule is CC(=O)N1CCN(c2cc(C(=O)N[C@H](C)c3cccc(C(F)(F)F)c3C)c(N)cc2F)CC1. The summed E-state index contributed by atoms with van der Waals surface area (Å²) >= 11 is 0. The van der Waals surface area contributed by atoms with Gasteiger partial charge in [0.25, 0.3) is 5.91 Å². The molecule has 2 aromatic carbocycles. The first-order chi connectivity index (χ1) is 15.4. The highest BCUT2D eigenvalue weighted by atomic mass is 19.4. The topological polar surface area (TPSA) is 78.7 Å². The lowest BCUT2D eigenvalue weighted by Crippen LogP contribution is -2.48. The molecule has 2 aromatic rings. The van der Waals surface area contributed by atoms with Gasteiger partial charge in [0.15, 0.2) is 0 Å². The molecule has 0 saturated carbocycles. The standard InChI is InChI=1S/C23H26F4N4O2/c1-13-16(5-4-6-18(13)23(25,26)27)14(2)29-22(33)17-11-21(19(24)12-20(17)28)31-9-7-30(8-10-31)15(3)32/h4-6,11-12,14H,7-10,28H2,1-3H3,(H,29,33)/t14-/m1/s1. The Kier molecular flexibility index (Phi) is 6.85. The average molecular weight is 466 g/mol. The van der Waals surface area contributed by atoms with Gasteiger partial charge in [0.1, 0.15) is 5.82 Å². The Bertz CT molecular complexity index is 1060. The van der Waals surface area contributed by atoms with Crippen LogP contribution in [-0.4, -0.2) is 42.9 Å². The van der Waals surface area contributed by atoms with E-state index < -0.39 is 29.5 Å². The Morgan fingerprint density at radius 2 is 1.76 bits per heavy atom. The number of halogens is 4. The summed E-state index contributed by atoms with van der Waals surface area (Å²) in [6.07, 6.45) is -4.51. The van der Waals surface area contributed by atoms with Gasteiger partial charge >= 0.3 is 6.18 Å². The molecule has 0 aliphatic carbocycles. The Morgan fingerprint density at radius 3 is 2.33 bits per heavy atom. The Balaban J connectivity index is 1.82. The molecule has 0 spiro atoms. The Morgan fingerprint density at radius 1 is 1.12 bits per heavy atom. The molecule has 0 unspecified atom stereocenters. The summed E-state index contributed by atoms with van der Waals surface area (Å²) < 4.78 is 54.3. The van der Waals surface area contributed by atoms with E-state index in [9.17, 15) is 27.2 Å². The van der Waals surface area contributed by atoms with E-state index in [-0.39, 0.29) is 28.4 Å². The van der Waals surface area contributed by atoms with E-state index in [2.05, 4.69) is 5.32 Å². The number of piperazine rings is 1. The van der Waals surface area contributed by atoms with Crippen LogP contribution in [0.15, 0.2) is 30.3 Å². The van der Waals surface area contributed by atoms with Gasteiger partial charge < -0.3 is 20.9 Å². The summed E-state index contributed by atoms with van der Waals surface area (Å²) in [5.41, 5.74) is 5.59. The van der Waals surface area contributed by atoms with Crippen LogP contribution in [0.5, 0.6) is 0 Å². The third-order valence-corrected chi connectivity index (χ3v) is 5.92. The lowest BCUT2D eigenvalue weighted by atomic mass is 9.97. The minimum atomic E-state index is -4.51. The number of hydrogen-bond donors (Lipinski definition) is 2. The molecule has 178 valence electrons. The number of nitrogens with one attached hydrogen (secondary N) is 1. The molecule has 3 N–H and O–H groups in total. The number of hydrogen-bond acceptors (Lipinski definition) is 4. The number of carbonyl (C=O) groups excluding carboxylic acids is 2. The van der Waals surface area contributed by atoms with Gasteiger partial charge in [0.05, 0.1) is 22.9 Å². The maximum Gasteiger partial charge on any atom is 0.416 e. The molecular weight excluding hydrogens is 440 g/mol. The van der Waals surface area contributed by atoms with E-state index in [0.717, 1.165) is 12.1 Å². The van der Waals surface area contributed by atoms with Crippen LogP contribution in [-0.2, 0) is 11.0 Å². The van der Waals surface area contributed by atoms with Crippen molar-refractivity contribution in [3.8, 4) is 0 Å². The van der Waals surface area contributed by atoms with Crippen molar-refractivity contribution in [2.24, 2.45) is 0 Å². The second kappa shape index (κ2) is 9.29. The first-order valence-corrected chi connectivity index (χ1v) is 10.5. The fraction of sp³-hybridized carbons (Fsp3) is 0.391. The number of amides is 2. The van der Waals surface area contributed by atoms with Crippen LogP contribution >= 0.6 is 0 Å². The first kappa shape index (κ1) is 24.3. The third kappa shape index (κ3) is 5.20. The van der Waals surface area contributed by atoms with Crippen LogP contribution in [0.1, 0.15) is 46.9 Å². The molecule has 2 amide bonds. The fourth-order valence-electron chi connectivity index (χ4n) is 4.06. The summed E-state index contributed by atoms with van der Waals surface area (Å²) in [5.74, 6) is -1.28. The van der Waals surface area contributed by atoms with E-state index in [0.29, 0.717) is 31.7 Å². The van der Waals surface area contributed by atoms with Gasteiger partial charge in [-0.3, -0.25) is 9.59 Å². The fourth-order valence-corrected chi connectivity index (χ4v) is 4.06. The lowest BCUT2D eigenvalue weighted by molar-refractivity contribution is -0.138. The molecule has 1 aliphatic rings. The number of benzene rings is 2. The van der Waals surface area contributed by atoms with E-state index in [4.69, 9.17) is 5.73 Å². The van der Waals surface area contributed by atoms with E-state index >= 15 is 0 Å². The van der Waals surface area contributed by atoms with Gasteiger partial charge in [-0.2, -0.15) is 13.2 Å². The van der Waals surface area contributed by atoms with Crippen LogP contribution in [0.3, 0.4) is 0 Å². The quantitative estimate of drug-likeness (QED) is 0.529. The number of nitrogens with two attached hydrogens (primary N) is 1. The minimum absolute atomic E-state index is 0.0221. The highest BCUT2D eigenvalue weighted by molar-refractivity contribution is 6.00. The molecule has 3 rings (SSSR count). The highest BCUT2D eigenvalue weighted by Crippen LogP contribution is 2.34. The minimum Gasteiger partial charge on any atom is -0.398 e. The number of rotatable bonds is 4. The molecule has 0 aromatic heterocycles. The van der Waals surface area contributed by atoms with Crippen molar-refractivity contribution >= 4 is 23.2 Å². The van der Waals surface area contributed by atoms with E-state index in [1.165, 1.54) is 32.0 Å². The normalized spacial score (nSPS) is 15.4. The number of anilines is 2. The largest absolute Gasteiger partial charge is 0.416 e. The predicted octanol–water partition coefficient (Wildman–Crippen LogP) is 3.89. The van der Waals surface area contributed by atoms with Crippen molar-refractivity contribution < 1.29 is 27.2 Å².